The van der Waals surface area contributed by atoms with E-state index in [2.05, 4.69) is 131 Å². The monoisotopic (exact) mass is 814 g/mol. The summed E-state index contributed by atoms with van der Waals surface area (Å²) < 4.78 is 13.1. The molecule has 6 nitrogen and oxygen atoms in total. The minimum Gasteiger partial charge on any atom is -0.456 e. The van der Waals surface area contributed by atoms with E-state index in [9.17, 15) is 10.5 Å². The number of anilines is 6. The van der Waals surface area contributed by atoms with E-state index in [0.717, 1.165) is 132 Å². The van der Waals surface area contributed by atoms with Crippen molar-refractivity contribution in [1.82, 2.24) is 0 Å². The first-order chi connectivity index (χ1) is 31.6. The van der Waals surface area contributed by atoms with Gasteiger partial charge < -0.3 is 18.6 Å². The Morgan fingerprint density at radius 2 is 0.688 bits per heavy atom. The molecule has 0 aliphatic carbocycles. The molecule has 2 heterocycles. The summed E-state index contributed by atoms with van der Waals surface area (Å²) in [6.45, 7) is 0. The fraction of sp³-hybridized carbons (Fsp3) is 0. The largest absolute Gasteiger partial charge is 0.456 e. The molecule has 64 heavy (non-hydrogen) atoms. The van der Waals surface area contributed by atoms with Gasteiger partial charge in [0, 0.05) is 55.8 Å². The van der Waals surface area contributed by atoms with Crippen LogP contribution in [-0.2, 0) is 0 Å². The van der Waals surface area contributed by atoms with Crippen LogP contribution in [0.15, 0.2) is 191 Å². The fourth-order valence-electron chi connectivity index (χ4n) is 10.5. The quantitative estimate of drug-likeness (QED) is 0.156. The minimum absolute atomic E-state index is 0.598. The third-order valence-electron chi connectivity index (χ3n) is 13.3. The fourth-order valence-corrected chi connectivity index (χ4v) is 10.5. The Morgan fingerprint density at radius 1 is 0.312 bits per heavy atom. The van der Waals surface area contributed by atoms with Crippen molar-refractivity contribution >= 4 is 132 Å². The van der Waals surface area contributed by atoms with E-state index >= 15 is 0 Å². The summed E-state index contributed by atoms with van der Waals surface area (Å²) in [5.74, 6) is 0. The van der Waals surface area contributed by atoms with Gasteiger partial charge >= 0.3 is 0 Å². The van der Waals surface area contributed by atoms with Crippen LogP contribution in [0.25, 0.3) is 97.7 Å². The number of furan rings is 2. The summed E-state index contributed by atoms with van der Waals surface area (Å²) in [5.41, 5.74) is 10.4. The van der Waals surface area contributed by atoms with Crippen molar-refractivity contribution < 1.29 is 8.83 Å². The zero-order valence-electron chi connectivity index (χ0n) is 33.9. The maximum absolute atomic E-state index is 9.79. The Bertz CT molecular complexity index is 4000. The van der Waals surface area contributed by atoms with E-state index < -0.39 is 0 Å². The van der Waals surface area contributed by atoms with Crippen LogP contribution < -0.4 is 9.80 Å². The molecule has 0 saturated heterocycles. The highest BCUT2D eigenvalue weighted by atomic mass is 16.3. The normalized spacial score (nSPS) is 12.0. The van der Waals surface area contributed by atoms with Crippen LogP contribution in [0.2, 0.25) is 0 Å². The summed E-state index contributed by atoms with van der Waals surface area (Å²) in [6.07, 6.45) is 0. The van der Waals surface area contributed by atoms with Crippen LogP contribution in [0.5, 0.6) is 0 Å². The highest BCUT2D eigenvalue weighted by Gasteiger charge is 2.25. The molecule has 6 heteroatoms. The topological polar surface area (TPSA) is 80.3 Å². The van der Waals surface area contributed by atoms with Gasteiger partial charge in [-0.2, -0.15) is 10.5 Å². The maximum Gasteiger partial charge on any atom is 0.138 e. The average molecular weight is 815 g/mol. The smallest absolute Gasteiger partial charge is 0.138 e. The van der Waals surface area contributed by atoms with E-state index in [1.165, 1.54) is 0 Å². The first-order valence-electron chi connectivity index (χ1n) is 21.3. The highest BCUT2D eigenvalue weighted by molar-refractivity contribution is 6.29. The molecule has 0 fully saturated rings. The van der Waals surface area contributed by atoms with Gasteiger partial charge in [0.15, 0.2) is 0 Å². The molecule has 0 aliphatic heterocycles. The molecule has 0 saturated carbocycles. The van der Waals surface area contributed by atoms with Gasteiger partial charge in [-0.25, -0.2) is 0 Å². The second-order valence-electron chi connectivity index (χ2n) is 16.7. The first-order valence-corrected chi connectivity index (χ1v) is 21.3. The number of hydrogen-bond donors (Lipinski definition) is 0. The van der Waals surface area contributed by atoms with Gasteiger partial charge in [0.1, 0.15) is 22.3 Å². The first kappa shape index (κ1) is 34.6. The summed E-state index contributed by atoms with van der Waals surface area (Å²) >= 11 is 0. The zero-order chi connectivity index (χ0) is 42.2. The van der Waals surface area contributed by atoms with Crippen molar-refractivity contribution in [3.8, 4) is 12.1 Å². The van der Waals surface area contributed by atoms with Crippen LogP contribution in [0.4, 0.5) is 34.1 Å². The van der Waals surface area contributed by atoms with Crippen LogP contribution >= 0.6 is 0 Å². The maximum atomic E-state index is 9.79. The van der Waals surface area contributed by atoms with Crippen molar-refractivity contribution in [2.24, 2.45) is 0 Å². The third kappa shape index (κ3) is 4.77. The molecule has 0 radical (unpaired) electrons. The van der Waals surface area contributed by atoms with Gasteiger partial charge in [-0.05, 0) is 128 Å². The predicted molar refractivity (Wildman–Crippen MR) is 261 cm³/mol. The van der Waals surface area contributed by atoms with Crippen LogP contribution in [0, 0.1) is 22.7 Å². The summed E-state index contributed by atoms with van der Waals surface area (Å²) in [4.78, 5) is 4.58. The van der Waals surface area contributed by atoms with Crippen molar-refractivity contribution in [2.75, 3.05) is 9.80 Å². The van der Waals surface area contributed by atoms with Gasteiger partial charge in [-0.1, -0.05) is 84.9 Å². The molecule has 0 atom stereocenters. The standard InChI is InChI=1S/C58H30N4O2/c59-31-33-7-19-41(20-8-33)61(43-27-39-13-11-35-3-1-5-49-55(35)57(39)51(29-43)63-49)47-25-17-37-16-24-46-48(26-18-38-15-23-45(47)53(37)54(38)46)62(42-21-9-34(32-60)10-22-42)44-28-40-14-12-36-4-2-6-50-56(36)58(40)52(30-44)64-50/h1-30H. The van der Waals surface area contributed by atoms with E-state index in [0.29, 0.717) is 11.1 Å². The van der Waals surface area contributed by atoms with E-state index in [1.807, 2.05) is 72.8 Å². The Kier molecular flexibility index (Phi) is 6.88. The number of nitrogens with zero attached hydrogens (tertiary/aromatic N) is 4. The summed E-state index contributed by atoms with van der Waals surface area (Å²) in [6, 6.07) is 67.9. The van der Waals surface area contributed by atoms with E-state index in [4.69, 9.17) is 8.83 Å². The predicted octanol–water partition coefficient (Wildman–Crippen LogP) is 16.2. The number of nitriles is 2. The van der Waals surface area contributed by atoms with Gasteiger partial charge in [-0.3, -0.25) is 0 Å². The average Bonchev–Trinajstić information content (AvgIpc) is 3.93. The molecule has 0 amide bonds. The Morgan fingerprint density at radius 3 is 1.12 bits per heavy atom. The Hall–Kier alpha value is -9.10. The Labute approximate surface area is 364 Å². The van der Waals surface area contributed by atoms with Crippen LogP contribution in [-0.4, -0.2) is 0 Å². The molecule has 0 bridgehead atoms. The number of hydrogen-bond acceptors (Lipinski definition) is 6. The number of rotatable bonds is 6. The van der Waals surface area contributed by atoms with Crippen LogP contribution in [0.1, 0.15) is 11.1 Å². The molecule has 2 aromatic heterocycles. The molecule has 0 N–H and O–H groups in total. The lowest BCUT2D eigenvalue weighted by Gasteiger charge is -2.29. The minimum atomic E-state index is 0.598. The van der Waals surface area contributed by atoms with Crippen LogP contribution in [0.3, 0.4) is 0 Å². The Balaban J connectivity index is 1.02. The van der Waals surface area contributed by atoms with Gasteiger partial charge in [0.25, 0.3) is 0 Å². The molecule has 12 aromatic carbocycles. The molecule has 0 aliphatic rings. The molecular weight excluding hydrogens is 785 g/mol. The van der Waals surface area contributed by atoms with E-state index in [-0.39, 0.29) is 0 Å². The second kappa shape index (κ2) is 12.7. The van der Waals surface area contributed by atoms with Gasteiger partial charge in [0.2, 0.25) is 0 Å². The molecule has 294 valence electrons. The molecule has 0 spiro atoms. The molecular formula is C58H30N4O2. The summed E-state index contributed by atoms with van der Waals surface area (Å²) in [5, 5.41) is 35.4. The lowest BCUT2D eigenvalue weighted by Crippen LogP contribution is -2.11. The van der Waals surface area contributed by atoms with Crippen molar-refractivity contribution in [1.29, 1.82) is 10.5 Å². The van der Waals surface area contributed by atoms with Crippen molar-refractivity contribution in [3.05, 3.63) is 193 Å². The SMILES string of the molecule is N#Cc1ccc(N(c2cc3ccc4cccc5oc(c2)c3c45)c2ccc3ccc4c(N(c5ccc(C#N)cc5)c5cc6ccc7cccc8oc(c5)c6c78)ccc5ccc2c3c54)cc1. The third-order valence-corrected chi connectivity index (χ3v) is 13.3. The molecule has 14 rings (SSSR count). The van der Waals surface area contributed by atoms with Gasteiger partial charge in [0.05, 0.1) is 46.0 Å². The van der Waals surface area contributed by atoms with E-state index in [1.54, 1.807) is 0 Å². The summed E-state index contributed by atoms with van der Waals surface area (Å²) in [7, 11) is 0. The molecule has 0 unspecified atom stereocenters. The molecule has 14 aromatic rings. The zero-order valence-corrected chi connectivity index (χ0v) is 33.9. The lowest BCUT2D eigenvalue weighted by molar-refractivity contribution is 0.669. The second-order valence-corrected chi connectivity index (χ2v) is 16.7. The van der Waals surface area contributed by atoms with Crippen molar-refractivity contribution in [3.63, 3.8) is 0 Å². The van der Waals surface area contributed by atoms with Crippen molar-refractivity contribution in [2.45, 2.75) is 0 Å². The highest BCUT2D eigenvalue weighted by Crippen LogP contribution is 2.50. The van der Waals surface area contributed by atoms with Gasteiger partial charge in [-0.15, -0.1) is 0 Å². The lowest BCUT2D eigenvalue weighted by atomic mass is 9.91. The number of benzene rings is 12.